The summed E-state index contributed by atoms with van der Waals surface area (Å²) >= 11 is 1.95. The molecule has 5 heteroatoms. The highest BCUT2D eigenvalue weighted by Crippen LogP contribution is 2.53. The van der Waals surface area contributed by atoms with Gasteiger partial charge in [0.05, 0.1) is 17.1 Å². The minimum atomic E-state index is -0.150. The summed E-state index contributed by atoms with van der Waals surface area (Å²) in [6.07, 6.45) is 0. The van der Waals surface area contributed by atoms with Gasteiger partial charge < -0.3 is 14.7 Å². The quantitative estimate of drug-likeness (QED) is 0.105. The number of anilines is 9. The van der Waals surface area contributed by atoms with Crippen LogP contribution in [0, 0.1) is 0 Å². The van der Waals surface area contributed by atoms with Crippen LogP contribution in [0.25, 0.3) is 86.9 Å². The molecule has 0 fully saturated rings. The second kappa shape index (κ2) is 21.1. The van der Waals surface area contributed by atoms with Gasteiger partial charge in [0.25, 0.3) is 6.71 Å². The van der Waals surface area contributed by atoms with Crippen molar-refractivity contribution in [2.24, 2.45) is 0 Å². The van der Waals surface area contributed by atoms with Crippen molar-refractivity contribution in [3.05, 3.63) is 302 Å². The van der Waals surface area contributed by atoms with Gasteiger partial charge in [-0.15, -0.1) is 11.3 Å². The topological polar surface area (TPSA) is 9.72 Å². The molecular weight excluding hydrogens is 1120 g/mol. The van der Waals surface area contributed by atoms with E-state index in [9.17, 15) is 0 Å². The number of thiophene rings is 1. The largest absolute Gasteiger partial charge is 0.311 e. The molecule has 0 spiro atoms. The number of rotatable bonds is 9. The molecule has 0 N–H and O–H groups in total. The fourth-order valence-electron chi connectivity index (χ4n) is 14.7. The fraction of sp³-hybridized carbons (Fsp3) is 0.0930. The summed E-state index contributed by atoms with van der Waals surface area (Å²) in [5, 5.41) is 8.91. The second-order valence-electron chi connectivity index (χ2n) is 26.9. The fourth-order valence-corrected chi connectivity index (χ4v) is 16.0. The Hall–Kier alpha value is -10.5. The summed E-state index contributed by atoms with van der Waals surface area (Å²) in [5.41, 5.74) is 24.7. The van der Waals surface area contributed by atoms with E-state index >= 15 is 0 Å². The van der Waals surface area contributed by atoms with Crippen LogP contribution in [0.2, 0.25) is 0 Å². The Bertz CT molecular complexity index is 5190. The molecule has 1 aromatic heterocycles. The summed E-state index contributed by atoms with van der Waals surface area (Å²) in [6.45, 7) is 13.8. The predicted molar refractivity (Wildman–Crippen MR) is 393 cm³/mol. The molecule has 91 heavy (non-hydrogen) atoms. The Morgan fingerprint density at radius 3 is 1.43 bits per heavy atom. The van der Waals surface area contributed by atoms with E-state index in [1.54, 1.807) is 0 Å². The Morgan fingerprint density at radius 1 is 0.341 bits per heavy atom. The first-order valence-electron chi connectivity index (χ1n) is 31.9. The molecule has 2 aliphatic heterocycles. The zero-order valence-corrected chi connectivity index (χ0v) is 52.9. The maximum atomic E-state index is 2.66. The van der Waals surface area contributed by atoms with E-state index in [0.717, 1.165) is 45.5 Å². The number of fused-ring (bicyclic) bond motifs is 6. The standard InChI is InChI=1S/C86H66BN3S/c1-85(2,3)66-40-43-70(44-41-66)89-77-53-71(88(68-26-15-9-16-27-68)69-28-17-10-18-29-69)54-78-82(77)87(84-83(89)73-50-61(39-47-79(73)91-84)56-22-13-8-14-23-56)74-51-62(58-32-30-57(31-33-58)55-20-11-7-12-21-55)38-45-76(74)90(78)75-46-42-67(86(4,5)6)52-72(75)65-48-63-36-34-59-24-19-25-60-35-37-64(49-65)81(63)80(59)60/h7-54H,1-6H3. The maximum absolute atomic E-state index is 2.66. The molecule has 15 aromatic rings. The number of benzene rings is 14. The van der Waals surface area contributed by atoms with E-state index < -0.39 is 0 Å². The molecule has 2 aliphatic rings. The third kappa shape index (κ3) is 9.16. The van der Waals surface area contributed by atoms with Gasteiger partial charge in [0.1, 0.15) is 0 Å². The molecule has 14 aromatic carbocycles. The van der Waals surface area contributed by atoms with Crippen molar-refractivity contribution < 1.29 is 0 Å². The monoisotopic (exact) mass is 1180 g/mol. The first-order valence-corrected chi connectivity index (χ1v) is 32.7. The SMILES string of the molecule is CC(C)(C)c1ccc(N2c3cc(N(c4ccccc4)c4ccccc4)cc4c3B(c3cc(-c5ccc(-c6ccccc6)cc5)ccc3N4c3ccc(C(C)(C)C)cc3-c3cc4ccc5cccc6ccc(c3)c4c56)c3sc4ccc(-c5ccccc5)cc4c32)cc1. The van der Waals surface area contributed by atoms with Crippen LogP contribution in [0.15, 0.2) is 291 Å². The van der Waals surface area contributed by atoms with Gasteiger partial charge in [-0.3, -0.25) is 0 Å². The molecule has 0 unspecified atom stereocenters. The average Bonchev–Trinajstić information content (AvgIpc) is 1.69. The maximum Gasteiger partial charge on any atom is 0.264 e. The molecule has 17 rings (SSSR count). The summed E-state index contributed by atoms with van der Waals surface area (Å²) in [4.78, 5) is 7.75. The summed E-state index contributed by atoms with van der Waals surface area (Å²) in [5.74, 6) is 0. The summed E-state index contributed by atoms with van der Waals surface area (Å²) in [6, 6.07) is 110. The van der Waals surface area contributed by atoms with Crippen molar-refractivity contribution in [1.29, 1.82) is 0 Å². The molecule has 0 atom stereocenters. The molecule has 0 saturated carbocycles. The van der Waals surface area contributed by atoms with E-state index in [1.807, 2.05) is 11.3 Å². The third-order valence-electron chi connectivity index (χ3n) is 19.2. The van der Waals surface area contributed by atoms with Crippen LogP contribution in [-0.4, -0.2) is 6.71 Å². The van der Waals surface area contributed by atoms with Crippen LogP contribution in [0.4, 0.5) is 51.2 Å². The normalized spacial score (nSPS) is 12.9. The van der Waals surface area contributed by atoms with Gasteiger partial charge in [0, 0.05) is 54.6 Å². The molecule has 0 radical (unpaired) electrons. The molecule has 434 valence electrons. The zero-order valence-electron chi connectivity index (χ0n) is 52.0. The lowest BCUT2D eigenvalue weighted by atomic mass is 9.36. The van der Waals surface area contributed by atoms with E-state index in [1.165, 1.54) is 119 Å². The van der Waals surface area contributed by atoms with Gasteiger partial charge in [-0.05, 0) is 195 Å². The lowest BCUT2D eigenvalue weighted by Crippen LogP contribution is -2.60. The minimum Gasteiger partial charge on any atom is -0.311 e. The van der Waals surface area contributed by atoms with E-state index in [0.29, 0.717) is 0 Å². The van der Waals surface area contributed by atoms with Crippen LogP contribution < -0.4 is 30.4 Å². The highest BCUT2D eigenvalue weighted by molar-refractivity contribution is 7.33. The molecular formula is C86H66BN3S. The highest BCUT2D eigenvalue weighted by Gasteiger charge is 2.47. The van der Waals surface area contributed by atoms with Crippen LogP contribution in [-0.2, 0) is 10.8 Å². The van der Waals surface area contributed by atoms with E-state index in [-0.39, 0.29) is 17.5 Å². The number of hydrogen-bond acceptors (Lipinski definition) is 4. The van der Waals surface area contributed by atoms with Crippen molar-refractivity contribution in [3.63, 3.8) is 0 Å². The molecule has 0 saturated heterocycles. The third-order valence-corrected chi connectivity index (χ3v) is 20.5. The Morgan fingerprint density at radius 2 is 0.824 bits per heavy atom. The van der Waals surface area contributed by atoms with Crippen LogP contribution >= 0.6 is 11.3 Å². The molecule has 3 heterocycles. The zero-order chi connectivity index (χ0) is 61.3. The van der Waals surface area contributed by atoms with Crippen molar-refractivity contribution >= 4 is 127 Å². The van der Waals surface area contributed by atoms with Crippen LogP contribution in [0.1, 0.15) is 52.7 Å². The summed E-state index contributed by atoms with van der Waals surface area (Å²) < 4.78 is 2.59. The van der Waals surface area contributed by atoms with Gasteiger partial charge >= 0.3 is 0 Å². The smallest absolute Gasteiger partial charge is 0.264 e. The van der Waals surface area contributed by atoms with Crippen molar-refractivity contribution in [2.45, 2.75) is 52.4 Å². The van der Waals surface area contributed by atoms with Crippen molar-refractivity contribution in [3.8, 4) is 44.5 Å². The van der Waals surface area contributed by atoms with Crippen molar-refractivity contribution in [2.75, 3.05) is 14.7 Å². The Labute approximate surface area is 537 Å². The van der Waals surface area contributed by atoms with E-state index in [2.05, 4.69) is 347 Å². The molecule has 0 amide bonds. The van der Waals surface area contributed by atoms with Gasteiger partial charge in [-0.25, -0.2) is 0 Å². The number of para-hydroxylation sites is 2. The van der Waals surface area contributed by atoms with Crippen molar-refractivity contribution in [1.82, 2.24) is 0 Å². The minimum absolute atomic E-state index is 0.0406. The first kappa shape index (κ1) is 54.7. The first-order chi connectivity index (χ1) is 44.4. The molecule has 0 bridgehead atoms. The van der Waals surface area contributed by atoms with Gasteiger partial charge in [0.2, 0.25) is 0 Å². The Kier molecular flexibility index (Phi) is 12.7. The van der Waals surface area contributed by atoms with Gasteiger partial charge in [0.15, 0.2) is 0 Å². The van der Waals surface area contributed by atoms with Crippen LogP contribution in [0.5, 0.6) is 0 Å². The van der Waals surface area contributed by atoms with Gasteiger partial charge in [-0.2, -0.15) is 0 Å². The van der Waals surface area contributed by atoms with Gasteiger partial charge in [-0.1, -0.05) is 242 Å². The second-order valence-corrected chi connectivity index (χ2v) is 28.0. The molecule has 0 aliphatic carbocycles. The van der Waals surface area contributed by atoms with E-state index in [4.69, 9.17) is 0 Å². The van der Waals surface area contributed by atoms with Crippen LogP contribution in [0.3, 0.4) is 0 Å². The average molecular weight is 1180 g/mol. The summed E-state index contributed by atoms with van der Waals surface area (Å²) in [7, 11) is 0. The number of nitrogens with zero attached hydrogens (tertiary/aromatic N) is 3. The highest BCUT2D eigenvalue weighted by atomic mass is 32.1. The Balaban J connectivity index is 0.998. The lowest BCUT2D eigenvalue weighted by Gasteiger charge is -2.44. The molecule has 3 nitrogen and oxygen atoms in total. The predicted octanol–water partition coefficient (Wildman–Crippen LogP) is 22.6. The lowest BCUT2D eigenvalue weighted by molar-refractivity contribution is 0.590. The number of hydrogen-bond donors (Lipinski definition) is 0.